The molecular weight excluding hydrogens is 354 g/mol. The Morgan fingerprint density at radius 1 is 1.00 bits per heavy atom. The topological polar surface area (TPSA) is 94.4 Å². The summed E-state index contributed by atoms with van der Waals surface area (Å²) in [6.07, 6.45) is 4.05. The van der Waals surface area contributed by atoms with Crippen molar-refractivity contribution < 1.29 is 8.78 Å². The smallest absolute Gasteiger partial charge is 0.272 e. The van der Waals surface area contributed by atoms with E-state index in [2.05, 4.69) is 19.9 Å². The Balaban J connectivity index is 2.16. The molecule has 0 amide bonds. The molecule has 6 nitrogen and oxygen atoms in total. The summed E-state index contributed by atoms with van der Waals surface area (Å²) in [5.41, 5.74) is -0.275. The molecule has 27 heavy (non-hydrogen) atoms. The number of hydrogen-bond acceptors (Lipinski definition) is 3. The van der Waals surface area contributed by atoms with Gasteiger partial charge in [0.15, 0.2) is 0 Å². The molecule has 3 aromatic rings. The summed E-state index contributed by atoms with van der Waals surface area (Å²) in [5.74, 6) is -1.36. The molecule has 8 heteroatoms. The van der Waals surface area contributed by atoms with Gasteiger partial charge in [0.05, 0.1) is 12.0 Å². The maximum absolute atomic E-state index is 13.8. The third-order valence-electron chi connectivity index (χ3n) is 3.94. The van der Waals surface area contributed by atoms with Gasteiger partial charge >= 0.3 is 0 Å². The molecule has 3 N–H and O–H groups in total. The minimum Gasteiger partial charge on any atom is -0.348 e. The highest BCUT2D eigenvalue weighted by Gasteiger charge is 2.19. The summed E-state index contributed by atoms with van der Waals surface area (Å²) in [6, 6.07) is 2.85. The van der Waals surface area contributed by atoms with Crippen molar-refractivity contribution >= 4 is 12.2 Å². The van der Waals surface area contributed by atoms with Gasteiger partial charge in [0.25, 0.3) is 11.1 Å². The van der Waals surface area contributed by atoms with Crippen LogP contribution < -0.4 is 21.8 Å². The van der Waals surface area contributed by atoms with Crippen LogP contribution in [0.4, 0.5) is 8.78 Å². The third-order valence-corrected chi connectivity index (χ3v) is 3.94. The van der Waals surface area contributed by atoms with Crippen molar-refractivity contribution in [3.63, 3.8) is 0 Å². The van der Waals surface area contributed by atoms with E-state index in [1.807, 2.05) is 20.8 Å². The first-order valence-electron chi connectivity index (χ1n) is 8.20. The fourth-order valence-electron chi connectivity index (χ4n) is 2.63. The lowest BCUT2D eigenvalue weighted by molar-refractivity contribution is 0.571. The van der Waals surface area contributed by atoms with Crippen molar-refractivity contribution in [2.75, 3.05) is 0 Å². The largest absolute Gasteiger partial charge is 0.348 e. The molecule has 0 saturated carbocycles. The Labute approximate surface area is 152 Å². The number of aromatic nitrogens is 4. The van der Waals surface area contributed by atoms with E-state index in [9.17, 15) is 18.4 Å². The fourth-order valence-corrected chi connectivity index (χ4v) is 2.63. The second-order valence-corrected chi connectivity index (χ2v) is 7.10. The van der Waals surface area contributed by atoms with Crippen molar-refractivity contribution in [1.29, 1.82) is 0 Å². The highest BCUT2D eigenvalue weighted by molar-refractivity contribution is 5.50. The molecule has 3 rings (SSSR count). The number of hydrogen-bond donors (Lipinski definition) is 3. The summed E-state index contributed by atoms with van der Waals surface area (Å²) in [5, 5.41) is -0.172. The van der Waals surface area contributed by atoms with Crippen molar-refractivity contribution in [2.45, 2.75) is 26.2 Å². The van der Waals surface area contributed by atoms with Crippen LogP contribution in [-0.2, 0) is 5.41 Å². The lowest BCUT2D eigenvalue weighted by Gasteiger charge is -2.16. The summed E-state index contributed by atoms with van der Waals surface area (Å²) in [7, 11) is 0. The maximum atomic E-state index is 13.8. The van der Waals surface area contributed by atoms with Crippen LogP contribution in [0.15, 0.2) is 34.1 Å². The van der Waals surface area contributed by atoms with Crippen LogP contribution in [0.5, 0.6) is 0 Å². The van der Waals surface area contributed by atoms with E-state index < -0.39 is 22.8 Å². The summed E-state index contributed by atoms with van der Waals surface area (Å²) in [6.45, 7) is 5.95. The molecule has 1 aromatic carbocycles. The number of imidazole rings is 1. The minimum absolute atomic E-state index is 0.00876. The van der Waals surface area contributed by atoms with Crippen LogP contribution in [0.3, 0.4) is 0 Å². The number of aromatic amines is 3. The Morgan fingerprint density at radius 3 is 2.26 bits per heavy atom. The zero-order chi connectivity index (χ0) is 19.8. The zero-order valence-corrected chi connectivity index (χ0v) is 15.0. The number of nitrogens with one attached hydrogen (secondary N) is 3. The molecule has 0 spiro atoms. The Kier molecular flexibility index (Phi) is 4.65. The Morgan fingerprint density at radius 2 is 1.63 bits per heavy atom. The van der Waals surface area contributed by atoms with E-state index in [1.54, 1.807) is 0 Å². The van der Waals surface area contributed by atoms with E-state index in [1.165, 1.54) is 12.4 Å². The molecule has 2 aromatic heterocycles. The van der Waals surface area contributed by atoms with Crippen molar-refractivity contribution in [1.82, 2.24) is 19.9 Å². The van der Waals surface area contributed by atoms with Gasteiger partial charge in [0, 0.05) is 16.7 Å². The van der Waals surface area contributed by atoms with Crippen LogP contribution in [0.2, 0.25) is 0 Å². The van der Waals surface area contributed by atoms with Crippen LogP contribution in [0, 0.1) is 11.6 Å². The second kappa shape index (κ2) is 6.79. The van der Waals surface area contributed by atoms with E-state index in [0.29, 0.717) is 5.69 Å². The van der Waals surface area contributed by atoms with Crippen LogP contribution in [0.1, 0.15) is 37.7 Å². The molecule has 2 heterocycles. The molecule has 0 unspecified atom stereocenters. The summed E-state index contributed by atoms with van der Waals surface area (Å²) >= 11 is 0. The lowest BCUT2D eigenvalue weighted by atomic mass is 9.90. The third kappa shape index (κ3) is 3.94. The van der Waals surface area contributed by atoms with Crippen LogP contribution in [-0.4, -0.2) is 19.9 Å². The zero-order valence-electron chi connectivity index (χ0n) is 15.0. The van der Waals surface area contributed by atoms with Gasteiger partial charge < -0.3 is 15.0 Å². The average Bonchev–Trinajstić information content (AvgIpc) is 3.04. The molecule has 0 saturated heterocycles. The first-order chi connectivity index (χ1) is 12.6. The number of rotatable bonds is 2. The summed E-state index contributed by atoms with van der Waals surface area (Å²) < 4.78 is 27.0. The first-order valence-corrected chi connectivity index (χ1v) is 8.20. The highest BCUT2D eigenvalue weighted by atomic mass is 19.1. The number of benzene rings is 1. The van der Waals surface area contributed by atoms with Gasteiger partial charge in [-0.05, 0) is 30.4 Å². The number of halogens is 2. The van der Waals surface area contributed by atoms with E-state index in [4.69, 9.17) is 0 Å². The average molecular weight is 372 g/mol. The molecule has 0 fully saturated rings. The van der Waals surface area contributed by atoms with Gasteiger partial charge in [-0.3, -0.25) is 9.59 Å². The number of nitrogens with zero attached hydrogens (tertiary/aromatic N) is 1. The van der Waals surface area contributed by atoms with Crippen LogP contribution >= 0.6 is 0 Å². The van der Waals surface area contributed by atoms with Gasteiger partial charge in [0.2, 0.25) is 0 Å². The molecule has 0 aliphatic carbocycles. The molecular formula is C19H18F2N4O2. The SMILES string of the molecule is CC(C)(C)c1[nH]cnc1/C=c1\[nH]c(=O)/c(=C\c2cc(F)ccc2F)[nH]c1=O. The van der Waals surface area contributed by atoms with Gasteiger partial charge in [0.1, 0.15) is 22.3 Å². The highest BCUT2D eigenvalue weighted by Crippen LogP contribution is 2.22. The van der Waals surface area contributed by atoms with E-state index >= 15 is 0 Å². The van der Waals surface area contributed by atoms with Crippen molar-refractivity contribution in [2.24, 2.45) is 0 Å². The van der Waals surface area contributed by atoms with E-state index in [0.717, 1.165) is 30.0 Å². The quantitative estimate of drug-likeness (QED) is 0.627. The predicted molar refractivity (Wildman–Crippen MR) is 97.7 cm³/mol. The summed E-state index contributed by atoms with van der Waals surface area (Å²) in [4.78, 5) is 36.7. The van der Waals surface area contributed by atoms with Crippen molar-refractivity contribution in [3.8, 4) is 0 Å². The van der Waals surface area contributed by atoms with Crippen molar-refractivity contribution in [3.05, 3.63) is 84.5 Å². The van der Waals surface area contributed by atoms with Gasteiger partial charge in [-0.2, -0.15) is 0 Å². The van der Waals surface area contributed by atoms with Gasteiger partial charge in [-0.1, -0.05) is 20.8 Å². The first kappa shape index (κ1) is 18.5. The fraction of sp³-hybridized carbons (Fsp3) is 0.211. The monoisotopic (exact) mass is 372 g/mol. The molecule has 0 bridgehead atoms. The number of H-pyrrole nitrogens is 3. The van der Waals surface area contributed by atoms with E-state index in [-0.39, 0.29) is 21.7 Å². The van der Waals surface area contributed by atoms with Crippen LogP contribution in [0.25, 0.3) is 12.2 Å². The standard InChI is InChI=1S/C19H18F2N4O2/c1-19(2,3)16-13(22-9-23-16)8-15-18(27)24-14(17(26)25-15)7-10-6-11(20)4-5-12(10)21/h4-9H,1-3H3,(H,22,23)(H,24,27)(H,25,26)/b14-7+,15-8-. The lowest BCUT2D eigenvalue weighted by Crippen LogP contribution is -2.46. The Hall–Kier alpha value is -3.29. The predicted octanol–water partition coefficient (Wildman–Crippen LogP) is 1.02. The Bertz CT molecular complexity index is 1230. The molecule has 140 valence electrons. The maximum Gasteiger partial charge on any atom is 0.272 e. The molecule has 0 aliphatic heterocycles. The minimum atomic E-state index is -0.710. The molecule has 0 radical (unpaired) electrons. The molecule has 0 aliphatic rings. The molecule has 0 atom stereocenters. The van der Waals surface area contributed by atoms with Gasteiger partial charge in [-0.25, -0.2) is 13.8 Å². The van der Waals surface area contributed by atoms with Gasteiger partial charge in [-0.15, -0.1) is 0 Å². The second-order valence-electron chi connectivity index (χ2n) is 7.10. The normalized spacial score (nSPS) is 13.4.